The molecule has 0 radical (unpaired) electrons. The van der Waals surface area contributed by atoms with Gasteiger partial charge in [0.25, 0.3) is 0 Å². The topological polar surface area (TPSA) is 49.0 Å². The molecule has 0 fully saturated rings. The Bertz CT molecular complexity index is 494. The second-order valence-electron chi connectivity index (χ2n) is 3.97. The number of nitrogens with zero attached hydrogens (tertiary/aromatic N) is 1. The molecule has 1 N–H and O–H groups in total. The maximum atomic E-state index is 8.70. The lowest BCUT2D eigenvalue weighted by molar-refractivity contribution is 0.538. The van der Waals surface area contributed by atoms with Gasteiger partial charge in [-0.25, -0.2) is 0 Å². The van der Waals surface area contributed by atoms with Gasteiger partial charge in [-0.3, -0.25) is 0 Å². The summed E-state index contributed by atoms with van der Waals surface area (Å²) >= 11 is 0. The monoisotopic (exact) mass is 226 g/mol. The molecule has 1 aromatic heterocycles. The number of nitriles is 1. The fourth-order valence-electron chi connectivity index (χ4n) is 1.61. The van der Waals surface area contributed by atoms with Crippen molar-refractivity contribution >= 4 is 0 Å². The van der Waals surface area contributed by atoms with Crippen LogP contribution in [-0.2, 0) is 6.54 Å². The van der Waals surface area contributed by atoms with E-state index in [0.29, 0.717) is 5.56 Å². The molecular weight excluding hydrogens is 212 g/mol. The predicted octanol–water partition coefficient (Wildman–Crippen LogP) is 3.00. The minimum Gasteiger partial charge on any atom is -0.472 e. The minimum atomic E-state index is 0.254. The molecule has 0 aliphatic carbocycles. The van der Waals surface area contributed by atoms with Gasteiger partial charge in [0.15, 0.2) is 0 Å². The van der Waals surface area contributed by atoms with Crippen LogP contribution in [0.4, 0.5) is 0 Å². The van der Waals surface area contributed by atoms with Crippen LogP contribution < -0.4 is 5.32 Å². The van der Waals surface area contributed by atoms with Gasteiger partial charge in [-0.2, -0.15) is 5.26 Å². The highest BCUT2D eigenvalue weighted by Gasteiger charge is 2.05. The fraction of sp³-hybridized carbons (Fsp3) is 0.214. The number of hydrogen-bond acceptors (Lipinski definition) is 3. The SMILES string of the molecule is CC(NCc1ccc(C#N)cc1)c1ccoc1. The fourth-order valence-corrected chi connectivity index (χ4v) is 1.61. The van der Waals surface area contributed by atoms with E-state index in [9.17, 15) is 0 Å². The third kappa shape index (κ3) is 2.96. The largest absolute Gasteiger partial charge is 0.472 e. The second-order valence-corrected chi connectivity index (χ2v) is 3.97. The van der Waals surface area contributed by atoms with Crippen molar-refractivity contribution in [3.63, 3.8) is 0 Å². The Hall–Kier alpha value is -2.05. The van der Waals surface area contributed by atoms with Crippen LogP contribution in [0.15, 0.2) is 47.3 Å². The summed E-state index contributed by atoms with van der Waals surface area (Å²) in [5.41, 5.74) is 3.00. The van der Waals surface area contributed by atoms with Gasteiger partial charge in [-0.1, -0.05) is 12.1 Å². The predicted molar refractivity (Wildman–Crippen MR) is 65.1 cm³/mol. The molecule has 1 unspecified atom stereocenters. The van der Waals surface area contributed by atoms with Crippen molar-refractivity contribution < 1.29 is 4.42 Å². The van der Waals surface area contributed by atoms with Gasteiger partial charge in [0.05, 0.1) is 24.2 Å². The number of nitrogens with one attached hydrogen (secondary N) is 1. The van der Waals surface area contributed by atoms with Gasteiger partial charge >= 0.3 is 0 Å². The first-order valence-electron chi connectivity index (χ1n) is 5.54. The molecule has 0 bridgehead atoms. The molecule has 1 atom stereocenters. The van der Waals surface area contributed by atoms with Crippen LogP contribution in [0.5, 0.6) is 0 Å². The van der Waals surface area contributed by atoms with E-state index in [1.54, 1.807) is 12.5 Å². The molecule has 86 valence electrons. The first-order valence-corrected chi connectivity index (χ1v) is 5.54. The molecule has 0 saturated carbocycles. The molecule has 0 aliphatic heterocycles. The zero-order valence-electron chi connectivity index (χ0n) is 9.68. The molecule has 0 amide bonds. The van der Waals surface area contributed by atoms with Crippen LogP contribution in [0.3, 0.4) is 0 Å². The first kappa shape index (κ1) is 11.4. The van der Waals surface area contributed by atoms with Crippen molar-refractivity contribution in [2.24, 2.45) is 0 Å². The summed E-state index contributed by atoms with van der Waals surface area (Å²) in [5.74, 6) is 0. The summed E-state index contributed by atoms with van der Waals surface area (Å²) in [6.45, 7) is 2.87. The normalized spacial score (nSPS) is 12.0. The molecule has 0 spiro atoms. The lowest BCUT2D eigenvalue weighted by Crippen LogP contribution is -2.17. The summed E-state index contributed by atoms with van der Waals surface area (Å²) in [4.78, 5) is 0. The zero-order chi connectivity index (χ0) is 12.1. The van der Waals surface area contributed by atoms with Crippen LogP contribution in [0.1, 0.15) is 29.7 Å². The lowest BCUT2D eigenvalue weighted by atomic mass is 10.1. The van der Waals surface area contributed by atoms with Crippen molar-refractivity contribution in [1.82, 2.24) is 5.32 Å². The Kier molecular flexibility index (Phi) is 3.59. The molecule has 3 nitrogen and oxygen atoms in total. The van der Waals surface area contributed by atoms with Gasteiger partial charge in [0.1, 0.15) is 0 Å². The molecule has 3 heteroatoms. The summed E-state index contributed by atoms with van der Waals surface area (Å²) in [6.07, 6.45) is 3.42. The van der Waals surface area contributed by atoms with Crippen molar-refractivity contribution in [2.45, 2.75) is 19.5 Å². The van der Waals surface area contributed by atoms with Crippen LogP contribution in [-0.4, -0.2) is 0 Å². The minimum absolute atomic E-state index is 0.254. The highest BCUT2D eigenvalue weighted by molar-refractivity contribution is 5.31. The molecule has 2 aromatic rings. The van der Waals surface area contributed by atoms with Crippen LogP contribution in [0.2, 0.25) is 0 Å². The summed E-state index contributed by atoms with van der Waals surface area (Å²) in [7, 11) is 0. The van der Waals surface area contributed by atoms with E-state index in [1.807, 2.05) is 30.3 Å². The van der Waals surface area contributed by atoms with Crippen molar-refractivity contribution in [3.8, 4) is 6.07 Å². The van der Waals surface area contributed by atoms with E-state index in [-0.39, 0.29) is 6.04 Å². The van der Waals surface area contributed by atoms with E-state index in [1.165, 1.54) is 5.56 Å². The number of rotatable bonds is 4. The Morgan fingerprint density at radius 3 is 2.65 bits per heavy atom. The number of furan rings is 1. The summed E-state index contributed by atoms with van der Waals surface area (Å²) in [5, 5.41) is 12.1. The Morgan fingerprint density at radius 2 is 2.06 bits per heavy atom. The molecule has 2 rings (SSSR count). The summed E-state index contributed by atoms with van der Waals surface area (Å²) < 4.78 is 5.04. The molecule has 0 saturated heterocycles. The van der Waals surface area contributed by atoms with Crippen molar-refractivity contribution in [2.75, 3.05) is 0 Å². The van der Waals surface area contributed by atoms with Gasteiger partial charge in [-0.05, 0) is 30.7 Å². The van der Waals surface area contributed by atoms with Crippen LogP contribution in [0, 0.1) is 11.3 Å². The quantitative estimate of drug-likeness (QED) is 0.871. The molecular formula is C14H14N2O. The third-order valence-electron chi connectivity index (χ3n) is 2.74. The lowest BCUT2D eigenvalue weighted by Gasteiger charge is -2.11. The number of hydrogen-bond donors (Lipinski definition) is 1. The molecule has 1 aromatic carbocycles. The standard InChI is InChI=1S/C14H14N2O/c1-11(14-6-7-17-10-14)16-9-13-4-2-12(8-15)3-5-13/h2-7,10-11,16H,9H2,1H3. The summed E-state index contributed by atoms with van der Waals surface area (Å²) in [6, 6.07) is 11.9. The van der Waals surface area contributed by atoms with Gasteiger partial charge in [0, 0.05) is 18.2 Å². The van der Waals surface area contributed by atoms with E-state index < -0.39 is 0 Å². The van der Waals surface area contributed by atoms with E-state index in [4.69, 9.17) is 9.68 Å². The maximum Gasteiger partial charge on any atom is 0.0991 e. The highest BCUT2D eigenvalue weighted by Crippen LogP contribution is 2.13. The van der Waals surface area contributed by atoms with E-state index in [2.05, 4.69) is 18.3 Å². The highest BCUT2D eigenvalue weighted by atomic mass is 16.3. The Balaban J connectivity index is 1.91. The smallest absolute Gasteiger partial charge is 0.0991 e. The van der Waals surface area contributed by atoms with Gasteiger partial charge < -0.3 is 9.73 Å². The molecule has 0 aliphatic rings. The second kappa shape index (κ2) is 5.33. The molecule has 1 heterocycles. The van der Waals surface area contributed by atoms with Crippen molar-refractivity contribution in [3.05, 3.63) is 59.5 Å². The van der Waals surface area contributed by atoms with E-state index in [0.717, 1.165) is 12.1 Å². The zero-order valence-corrected chi connectivity index (χ0v) is 9.68. The Labute approximate surface area is 101 Å². The van der Waals surface area contributed by atoms with Crippen molar-refractivity contribution in [1.29, 1.82) is 5.26 Å². The average Bonchev–Trinajstić information content (AvgIpc) is 2.90. The van der Waals surface area contributed by atoms with Crippen LogP contribution >= 0.6 is 0 Å². The van der Waals surface area contributed by atoms with Crippen LogP contribution in [0.25, 0.3) is 0 Å². The maximum absolute atomic E-state index is 8.70. The third-order valence-corrected chi connectivity index (χ3v) is 2.74. The van der Waals surface area contributed by atoms with Gasteiger partial charge in [0.2, 0.25) is 0 Å². The Morgan fingerprint density at radius 1 is 1.29 bits per heavy atom. The number of benzene rings is 1. The van der Waals surface area contributed by atoms with Gasteiger partial charge in [-0.15, -0.1) is 0 Å². The average molecular weight is 226 g/mol. The first-order chi connectivity index (χ1) is 8.29. The molecule has 17 heavy (non-hydrogen) atoms. The van der Waals surface area contributed by atoms with E-state index >= 15 is 0 Å².